The summed E-state index contributed by atoms with van der Waals surface area (Å²) in [6, 6.07) is 8.20. The molecule has 0 radical (unpaired) electrons. The predicted molar refractivity (Wildman–Crippen MR) is 78.2 cm³/mol. The monoisotopic (exact) mass is 261 g/mol. The van der Waals surface area contributed by atoms with Gasteiger partial charge in [0.15, 0.2) is 0 Å². The third-order valence-corrected chi connectivity index (χ3v) is 3.67. The summed E-state index contributed by atoms with van der Waals surface area (Å²) in [6.07, 6.45) is 4.62. The van der Waals surface area contributed by atoms with E-state index in [2.05, 4.69) is 5.32 Å². The van der Waals surface area contributed by atoms with Gasteiger partial charge < -0.3 is 16.0 Å². The molecule has 0 spiro atoms. The van der Waals surface area contributed by atoms with E-state index in [-0.39, 0.29) is 6.03 Å². The van der Waals surface area contributed by atoms with E-state index < -0.39 is 0 Å². The Hall–Kier alpha value is -1.55. The number of carbonyl (C=O) groups excluding carboxylic acids is 1. The van der Waals surface area contributed by atoms with Gasteiger partial charge >= 0.3 is 6.03 Å². The van der Waals surface area contributed by atoms with Crippen molar-refractivity contribution >= 4 is 11.7 Å². The van der Waals surface area contributed by atoms with Crippen LogP contribution in [0.25, 0.3) is 0 Å². The molecule has 0 aromatic heterocycles. The summed E-state index contributed by atoms with van der Waals surface area (Å²) < 4.78 is 0. The summed E-state index contributed by atoms with van der Waals surface area (Å²) in [4.78, 5) is 14.3. The maximum Gasteiger partial charge on any atom is 0.322 e. The zero-order valence-corrected chi connectivity index (χ0v) is 11.6. The lowest BCUT2D eigenvalue weighted by molar-refractivity contribution is 0.190. The largest absolute Gasteiger partial charge is 0.329 e. The van der Waals surface area contributed by atoms with Crippen molar-refractivity contribution in [2.45, 2.75) is 38.6 Å². The molecule has 0 bridgehead atoms. The molecular weight excluding hydrogens is 238 g/mol. The van der Waals surface area contributed by atoms with Crippen LogP contribution in [0.15, 0.2) is 24.3 Å². The molecule has 0 saturated heterocycles. The molecule has 2 rings (SSSR count). The van der Waals surface area contributed by atoms with Crippen LogP contribution in [-0.2, 0) is 0 Å². The van der Waals surface area contributed by atoms with Gasteiger partial charge in [0.1, 0.15) is 0 Å². The maximum absolute atomic E-state index is 12.4. The summed E-state index contributed by atoms with van der Waals surface area (Å²) in [5, 5.41) is 2.98. The van der Waals surface area contributed by atoms with Crippen molar-refractivity contribution < 1.29 is 4.79 Å². The number of carbonyl (C=O) groups is 1. The number of benzene rings is 1. The first-order valence-corrected chi connectivity index (χ1v) is 7.05. The van der Waals surface area contributed by atoms with Crippen LogP contribution < -0.4 is 11.1 Å². The van der Waals surface area contributed by atoms with Crippen LogP contribution >= 0.6 is 0 Å². The molecule has 3 N–H and O–H groups in total. The first-order valence-electron chi connectivity index (χ1n) is 7.05. The Morgan fingerprint density at radius 3 is 2.79 bits per heavy atom. The average molecular weight is 261 g/mol. The average Bonchev–Trinajstić information content (AvgIpc) is 2.89. The molecule has 2 amide bonds. The molecule has 4 nitrogen and oxygen atoms in total. The molecule has 0 heterocycles. The van der Waals surface area contributed by atoms with Crippen molar-refractivity contribution in [3.63, 3.8) is 0 Å². The van der Waals surface area contributed by atoms with Crippen LogP contribution in [-0.4, -0.2) is 30.1 Å². The first-order chi connectivity index (χ1) is 9.20. The number of hydrogen-bond acceptors (Lipinski definition) is 2. The molecule has 0 unspecified atom stereocenters. The molecule has 1 saturated carbocycles. The zero-order chi connectivity index (χ0) is 13.7. The second-order valence-corrected chi connectivity index (χ2v) is 5.22. The van der Waals surface area contributed by atoms with Crippen molar-refractivity contribution in [2.24, 2.45) is 5.73 Å². The second-order valence-electron chi connectivity index (χ2n) is 5.22. The van der Waals surface area contributed by atoms with Gasteiger partial charge in [-0.25, -0.2) is 4.79 Å². The van der Waals surface area contributed by atoms with Crippen molar-refractivity contribution in [1.29, 1.82) is 0 Å². The quantitative estimate of drug-likeness (QED) is 0.875. The van der Waals surface area contributed by atoms with Gasteiger partial charge in [-0.05, 0) is 37.5 Å². The zero-order valence-electron chi connectivity index (χ0n) is 11.6. The normalized spacial score (nSPS) is 15.5. The van der Waals surface area contributed by atoms with Gasteiger partial charge in [-0.1, -0.05) is 25.0 Å². The Morgan fingerprint density at radius 2 is 2.16 bits per heavy atom. The summed E-state index contributed by atoms with van der Waals surface area (Å²) in [6.45, 7) is 3.16. The molecule has 0 aliphatic heterocycles. The van der Waals surface area contributed by atoms with Crippen molar-refractivity contribution in [1.82, 2.24) is 4.90 Å². The van der Waals surface area contributed by atoms with Crippen LogP contribution in [0.4, 0.5) is 10.5 Å². The van der Waals surface area contributed by atoms with E-state index in [0.717, 1.165) is 24.1 Å². The van der Waals surface area contributed by atoms with Crippen LogP contribution in [0.2, 0.25) is 0 Å². The minimum atomic E-state index is -0.0250. The Labute approximate surface area is 115 Å². The van der Waals surface area contributed by atoms with Gasteiger partial charge in [-0.15, -0.1) is 0 Å². The van der Waals surface area contributed by atoms with Crippen molar-refractivity contribution in [3.8, 4) is 0 Å². The number of rotatable bonds is 4. The van der Waals surface area contributed by atoms with Gasteiger partial charge in [0.2, 0.25) is 0 Å². The number of amides is 2. The Kier molecular flexibility index (Phi) is 4.80. The fourth-order valence-corrected chi connectivity index (χ4v) is 2.72. The lowest BCUT2D eigenvalue weighted by Gasteiger charge is -2.28. The fraction of sp³-hybridized carbons (Fsp3) is 0.533. The Bertz CT molecular complexity index is 427. The molecule has 1 aromatic carbocycles. The highest BCUT2D eigenvalue weighted by molar-refractivity contribution is 5.89. The van der Waals surface area contributed by atoms with Crippen LogP contribution in [0.5, 0.6) is 0 Å². The van der Waals surface area contributed by atoms with E-state index in [1.54, 1.807) is 0 Å². The van der Waals surface area contributed by atoms with E-state index in [1.165, 1.54) is 12.8 Å². The van der Waals surface area contributed by atoms with Gasteiger partial charge in [-0.3, -0.25) is 0 Å². The summed E-state index contributed by atoms with van der Waals surface area (Å²) >= 11 is 0. The SMILES string of the molecule is Cc1cccc(NC(=O)N(CCN)C2CCCC2)c1. The van der Waals surface area contributed by atoms with Crippen LogP contribution in [0, 0.1) is 6.92 Å². The number of nitrogens with two attached hydrogens (primary N) is 1. The molecule has 104 valence electrons. The highest BCUT2D eigenvalue weighted by Gasteiger charge is 2.25. The molecule has 1 aromatic rings. The molecule has 19 heavy (non-hydrogen) atoms. The third-order valence-electron chi connectivity index (χ3n) is 3.67. The second kappa shape index (κ2) is 6.57. The highest BCUT2D eigenvalue weighted by Crippen LogP contribution is 2.24. The standard InChI is InChI=1S/C15H23N3O/c1-12-5-4-6-13(11-12)17-15(19)18(10-9-16)14-7-2-3-8-14/h4-6,11,14H,2-3,7-10,16H2,1H3,(H,17,19). The van der Waals surface area contributed by atoms with Crippen LogP contribution in [0.1, 0.15) is 31.2 Å². The maximum atomic E-state index is 12.4. The molecule has 1 aliphatic rings. The predicted octanol–water partition coefficient (Wildman–Crippen LogP) is 2.73. The van der Waals surface area contributed by atoms with Gasteiger partial charge in [0.25, 0.3) is 0 Å². The van der Waals surface area contributed by atoms with Crippen molar-refractivity contribution in [3.05, 3.63) is 29.8 Å². The highest BCUT2D eigenvalue weighted by atomic mass is 16.2. The lowest BCUT2D eigenvalue weighted by Crippen LogP contribution is -2.44. The number of nitrogens with zero attached hydrogens (tertiary/aromatic N) is 1. The first kappa shape index (κ1) is 13.9. The third kappa shape index (κ3) is 3.70. The fourth-order valence-electron chi connectivity index (χ4n) is 2.72. The number of aryl methyl sites for hydroxylation is 1. The molecule has 4 heteroatoms. The number of hydrogen-bond donors (Lipinski definition) is 2. The lowest BCUT2D eigenvalue weighted by atomic mass is 10.2. The number of anilines is 1. The van der Waals surface area contributed by atoms with Gasteiger partial charge in [0.05, 0.1) is 0 Å². The summed E-state index contributed by atoms with van der Waals surface area (Å²) in [7, 11) is 0. The van der Waals surface area contributed by atoms with E-state index in [0.29, 0.717) is 19.1 Å². The smallest absolute Gasteiger partial charge is 0.322 e. The van der Waals surface area contributed by atoms with Crippen molar-refractivity contribution in [2.75, 3.05) is 18.4 Å². The molecule has 0 atom stereocenters. The minimum Gasteiger partial charge on any atom is -0.329 e. The number of urea groups is 1. The molecule has 1 fully saturated rings. The Balaban J connectivity index is 2.02. The van der Waals surface area contributed by atoms with Gasteiger partial charge in [-0.2, -0.15) is 0 Å². The van der Waals surface area contributed by atoms with E-state index >= 15 is 0 Å². The number of nitrogens with one attached hydrogen (secondary N) is 1. The van der Waals surface area contributed by atoms with E-state index in [1.807, 2.05) is 36.1 Å². The summed E-state index contributed by atoms with van der Waals surface area (Å²) in [5.74, 6) is 0. The minimum absolute atomic E-state index is 0.0250. The summed E-state index contributed by atoms with van der Waals surface area (Å²) in [5.41, 5.74) is 7.63. The topological polar surface area (TPSA) is 58.4 Å². The molecule has 1 aliphatic carbocycles. The van der Waals surface area contributed by atoms with Gasteiger partial charge in [0, 0.05) is 24.8 Å². The van der Waals surface area contributed by atoms with Crippen LogP contribution in [0.3, 0.4) is 0 Å². The van der Waals surface area contributed by atoms with E-state index in [4.69, 9.17) is 5.73 Å². The molecular formula is C15H23N3O. The van der Waals surface area contributed by atoms with E-state index in [9.17, 15) is 4.79 Å². The Morgan fingerprint density at radius 1 is 1.42 bits per heavy atom.